The summed E-state index contributed by atoms with van der Waals surface area (Å²) in [5.41, 5.74) is 3.69. The predicted octanol–water partition coefficient (Wildman–Crippen LogP) is 2.78. The van der Waals surface area contributed by atoms with Gasteiger partial charge in [-0.3, -0.25) is 9.69 Å². The zero-order chi connectivity index (χ0) is 20.4. The topological polar surface area (TPSA) is 74.5 Å². The highest BCUT2D eigenvalue weighted by molar-refractivity contribution is 6.06. The number of aromatic nitrogens is 2. The SMILES string of the molecule is Cc1cc(C(=O)NCC(C)N2CCN(c3ccccc3)CC2)c2c(C)noc2n1. The number of para-hydroxylation sites is 1. The van der Waals surface area contributed by atoms with E-state index in [1.165, 1.54) is 5.69 Å². The Kier molecular flexibility index (Phi) is 5.49. The van der Waals surface area contributed by atoms with Gasteiger partial charge in [0.15, 0.2) is 0 Å². The van der Waals surface area contributed by atoms with Crippen LogP contribution in [0.4, 0.5) is 5.69 Å². The van der Waals surface area contributed by atoms with Crippen LogP contribution >= 0.6 is 0 Å². The standard InChI is InChI=1S/C22H27N5O2/c1-15-13-19(20-17(3)25-29-22(20)24-15)21(28)23-14-16(2)26-9-11-27(12-10-26)18-7-5-4-6-8-18/h4-8,13,16H,9-12,14H2,1-3H3,(H,23,28). The van der Waals surface area contributed by atoms with Gasteiger partial charge in [0, 0.05) is 50.1 Å². The number of carbonyl (C=O) groups is 1. The van der Waals surface area contributed by atoms with Gasteiger partial charge in [-0.15, -0.1) is 0 Å². The fraction of sp³-hybridized carbons (Fsp3) is 0.409. The van der Waals surface area contributed by atoms with Crippen molar-refractivity contribution >= 4 is 22.7 Å². The summed E-state index contributed by atoms with van der Waals surface area (Å²) in [4.78, 5) is 22.0. The molecule has 1 saturated heterocycles. The van der Waals surface area contributed by atoms with Crippen LogP contribution in [-0.4, -0.2) is 59.7 Å². The average Bonchev–Trinajstić information content (AvgIpc) is 3.12. The third-order valence-electron chi connectivity index (χ3n) is 5.61. The van der Waals surface area contributed by atoms with Crippen molar-refractivity contribution in [3.63, 3.8) is 0 Å². The summed E-state index contributed by atoms with van der Waals surface area (Å²) < 4.78 is 5.23. The molecule has 0 bridgehead atoms. The maximum atomic E-state index is 12.9. The molecule has 0 aliphatic carbocycles. The first kappa shape index (κ1) is 19.4. The molecule has 1 aliphatic rings. The number of carbonyl (C=O) groups excluding carboxylic acids is 1. The van der Waals surface area contributed by atoms with E-state index in [1.54, 1.807) is 6.07 Å². The van der Waals surface area contributed by atoms with Gasteiger partial charge in [-0.1, -0.05) is 23.4 Å². The lowest BCUT2D eigenvalue weighted by molar-refractivity contribution is 0.0935. The van der Waals surface area contributed by atoms with Gasteiger partial charge in [-0.25, -0.2) is 4.98 Å². The Morgan fingerprint density at radius 2 is 1.90 bits per heavy atom. The lowest BCUT2D eigenvalue weighted by atomic mass is 10.1. The van der Waals surface area contributed by atoms with E-state index in [9.17, 15) is 4.79 Å². The molecule has 29 heavy (non-hydrogen) atoms. The molecule has 0 radical (unpaired) electrons. The molecule has 1 aromatic carbocycles. The number of fused-ring (bicyclic) bond motifs is 1. The largest absolute Gasteiger partial charge is 0.369 e. The second-order valence-electron chi connectivity index (χ2n) is 7.68. The maximum absolute atomic E-state index is 12.9. The predicted molar refractivity (Wildman–Crippen MR) is 113 cm³/mol. The summed E-state index contributed by atoms with van der Waals surface area (Å²) in [6.45, 7) is 10.4. The second-order valence-corrected chi connectivity index (χ2v) is 7.68. The van der Waals surface area contributed by atoms with Crippen molar-refractivity contribution in [2.24, 2.45) is 0 Å². The van der Waals surface area contributed by atoms with Crippen LogP contribution in [-0.2, 0) is 0 Å². The van der Waals surface area contributed by atoms with Gasteiger partial charge in [0.05, 0.1) is 16.6 Å². The lowest BCUT2D eigenvalue weighted by Crippen LogP contribution is -2.52. The van der Waals surface area contributed by atoms with Crippen LogP contribution in [0, 0.1) is 13.8 Å². The number of pyridine rings is 1. The van der Waals surface area contributed by atoms with Crippen LogP contribution in [0.5, 0.6) is 0 Å². The first-order valence-electron chi connectivity index (χ1n) is 10.1. The normalized spacial score (nSPS) is 16.2. The molecule has 1 unspecified atom stereocenters. The Labute approximate surface area is 170 Å². The van der Waals surface area contributed by atoms with Crippen LogP contribution in [0.1, 0.15) is 28.7 Å². The van der Waals surface area contributed by atoms with Gasteiger partial charge in [-0.05, 0) is 39.0 Å². The Morgan fingerprint density at radius 3 is 2.62 bits per heavy atom. The van der Waals surface area contributed by atoms with Crippen LogP contribution in [0.15, 0.2) is 40.9 Å². The Balaban J connectivity index is 1.35. The summed E-state index contributed by atoms with van der Waals surface area (Å²) in [5, 5.41) is 7.73. The van der Waals surface area contributed by atoms with Gasteiger partial charge < -0.3 is 14.7 Å². The molecule has 1 atom stereocenters. The molecule has 7 nitrogen and oxygen atoms in total. The minimum atomic E-state index is -0.110. The zero-order valence-electron chi connectivity index (χ0n) is 17.2. The minimum absolute atomic E-state index is 0.110. The molecule has 0 saturated carbocycles. The van der Waals surface area contributed by atoms with E-state index in [0.717, 1.165) is 31.9 Å². The van der Waals surface area contributed by atoms with E-state index in [-0.39, 0.29) is 11.9 Å². The van der Waals surface area contributed by atoms with Gasteiger partial charge in [-0.2, -0.15) is 0 Å². The first-order valence-corrected chi connectivity index (χ1v) is 10.1. The molecule has 4 rings (SSSR count). The highest BCUT2D eigenvalue weighted by Gasteiger charge is 2.23. The van der Waals surface area contributed by atoms with Crippen LogP contribution < -0.4 is 10.2 Å². The lowest BCUT2D eigenvalue weighted by Gasteiger charge is -2.39. The number of rotatable bonds is 5. The highest BCUT2D eigenvalue weighted by Crippen LogP contribution is 2.22. The number of hydrogen-bond acceptors (Lipinski definition) is 6. The fourth-order valence-electron chi connectivity index (χ4n) is 3.92. The highest BCUT2D eigenvalue weighted by atomic mass is 16.5. The van der Waals surface area contributed by atoms with E-state index in [2.05, 4.69) is 56.4 Å². The van der Waals surface area contributed by atoms with Gasteiger partial charge >= 0.3 is 0 Å². The van der Waals surface area contributed by atoms with Crippen molar-refractivity contribution < 1.29 is 9.32 Å². The van der Waals surface area contributed by atoms with E-state index in [1.807, 2.05) is 19.9 Å². The molecule has 3 heterocycles. The smallest absolute Gasteiger partial charge is 0.258 e. The van der Waals surface area contributed by atoms with E-state index in [0.29, 0.717) is 28.9 Å². The molecular formula is C22H27N5O2. The molecule has 1 aliphatic heterocycles. The average molecular weight is 393 g/mol. The molecule has 152 valence electrons. The molecule has 0 spiro atoms. The summed E-state index contributed by atoms with van der Waals surface area (Å²) in [7, 11) is 0. The molecule has 1 fully saturated rings. The maximum Gasteiger partial charge on any atom is 0.258 e. The van der Waals surface area contributed by atoms with E-state index < -0.39 is 0 Å². The van der Waals surface area contributed by atoms with Crippen LogP contribution in [0.25, 0.3) is 11.1 Å². The molecular weight excluding hydrogens is 366 g/mol. The number of aryl methyl sites for hydroxylation is 2. The van der Waals surface area contributed by atoms with Crippen molar-refractivity contribution in [2.75, 3.05) is 37.6 Å². The number of anilines is 1. The van der Waals surface area contributed by atoms with Gasteiger partial charge in [0.2, 0.25) is 0 Å². The number of nitrogens with one attached hydrogen (secondary N) is 1. The molecule has 1 amide bonds. The Hall–Kier alpha value is -2.93. The number of benzene rings is 1. The van der Waals surface area contributed by atoms with Crippen molar-refractivity contribution in [1.29, 1.82) is 0 Å². The zero-order valence-corrected chi connectivity index (χ0v) is 17.2. The summed E-state index contributed by atoms with van der Waals surface area (Å²) in [5.74, 6) is -0.110. The molecule has 7 heteroatoms. The first-order chi connectivity index (χ1) is 14.0. The third kappa shape index (κ3) is 4.10. The Morgan fingerprint density at radius 1 is 1.17 bits per heavy atom. The Bertz CT molecular complexity index is 993. The van der Waals surface area contributed by atoms with Crippen molar-refractivity contribution in [3.05, 3.63) is 53.3 Å². The summed E-state index contributed by atoms with van der Waals surface area (Å²) >= 11 is 0. The van der Waals surface area contributed by atoms with Crippen LogP contribution in [0.2, 0.25) is 0 Å². The number of piperazine rings is 1. The van der Waals surface area contributed by atoms with Gasteiger partial charge in [0.1, 0.15) is 0 Å². The minimum Gasteiger partial charge on any atom is -0.369 e. The third-order valence-corrected chi connectivity index (χ3v) is 5.61. The molecule has 3 aromatic rings. The van der Waals surface area contributed by atoms with Crippen molar-refractivity contribution in [1.82, 2.24) is 20.4 Å². The molecule has 1 N–H and O–H groups in total. The van der Waals surface area contributed by atoms with E-state index in [4.69, 9.17) is 4.52 Å². The number of nitrogens with zero attached hydrogens (tertiary/aromatic N) is 4. The summed E-state index contributed by atoms with van der Waals surface area (Å²) in [6, 6.07) is 12.6. The quantitative estimate of drug-likeness (QED) is 0.719. The summed E-state index contributed by atoms with van der Waals surface area (Å²) in [6.07, 6.45) is 0. The van der Waals surface area contributed by atoms with E-state index >= 15 is 0 Å². The monoisotopic (exact) mass is 393 g/mol. The van der Waals surface area contributed by atoms with Crippen molar-refractivity contribution in [3.8, 4) is 0 Å². The molecule has 2 aromatic heterocycles. The fourth-order valence-corrected chi connectivity index (χ4v) is 3.92. The number of amides is 1. The second kappa shape index (κ2) is 8.21. The number of hydrogen-bond donors (Lipinski definition) is 1. The van der Waals surface area contributed by atoms with Gasteiger partial charge in [0.25, 0.3) is 11.6 Å². The van der Waals surface area contributed by atoms with Crippen LogP contribution in [0.3, 0.4) is 0 Å². The van der Waals surface area contributed by atoms with Crippen molar-refractivity contribution in [2.45, 2.75) is 26.8 Å².